The molecule has 0 aromatic heterocycles. The molecule has 1 heteroatoms. The predicted octanol–water partition coefficient (Wildman–Crippen LogP) is 5.90. The Balaban J connectivity index is 1.65. The highest BCUT2D eigenvalue weighted by atomic mass is 79.9. The number of aryl methyl sites for hydroxylation is 1. The summed E-state index contributed by atoms with van der Waals surface area (Å²) < 4.78 is 0. The molecule has 0 N–H and O–H groups in total. The predicted molar refractivity (Wildman–Crippen MR) is 85.7 cm³/mol. The van der Waals surface area contributed by atoms with Gasteiger partial charge in [-0.25, -0.2) is 0 Å². The molecular formula is C18H25Br. The molecule has 0 aliphatic heterocycles. The monoisotopic (exact) mass is 320 g/mol. The first-order valence-corrected chi connectivity index (χ1v) is 8.92. The van der Waals surface area contributed by atoms with Crippen LogP contribution in [0.25, 0.3) is 0 Å². The molecule has 0 amide bonds. The lowest BCUT2D eigenvalue weighted by Gasteiger charge is -2.27. The summed E-state index contributed by atoms with van der Waals surface area (Å²) in [4.78, 5) is 0.586. The Morgan fingerprint density at radius 3 is 2.53 bits per heavy atom. The molecule has 1 aromatic carbocycles. The first-order chi connectivity index (χ1) is 9.28. The molecule has 4 atom stereocenters. The third kappa shape index (κ3) is 2.91. The molecule has 3 rings (SSSR count). The Morgan fingerprint density at radius 1 is 1.16 bits per heavy atom. The molecule has 19 heavy (non-hydrogen) atoms. The molecule has 2 aliphatic carbocycles. The van der Waals surface area contributed by atoms with Crippen LogP contribution in [-0.4, -0.2) is 0 Å². The van der Waals surface area contributed by atoms with E-state index in [1.54, 1.807) is 0 Å². The van der Waals surface area contributed by atoms with Crippen LogP contribution in [-0.2, 0) is 6.42 Å². The second-order valence-electron chi connectivity index (χ2n) is 6.59. The lowest BCUT2D eigenvalue weighted by Crippen LogP contribution is -2.15. The summed E-state index contributed by atoms with van der Waals surface area (Å²) >= 11 is 3.99. The lowest BCUT2D eigenvalue weighted by atomic mass is 9.84. The fourth-order valence-corrected chi connectivity index (χ4v) is 5.10. The van der Waals surface area contributed by atoms with Crippen LogP contribution >= 0.6 is 15.9 Å². The van der Waals surface area contributed by atoms with Gasteiger partial charge in [0.1, 0.15) is 0 Å². The smallest absolute Gasteiger partial charge is 0.0426 e. The number of hydrogen-bond donors (Lipinski definition) is 0. The molecule has 0 radical (unpaired) electrons. The second-order valence-corrected chi connectivity index (χ2v) is 7.57. The average molecular weight is 321 g/mol. The zero-order valence-corrected chi connectivity index (χ0v) is 13.5. The summed E-state index contributed by atoms with van der Waals surface area (Å²) in [5.74, 6) is 2.92. The Kier molecular flexibility index (Phi) is 4.31. The Labute approximate surface area is 126 Å². The topological polar surface area (TPSA) is 0 Å². The van der Waals surface area contributed by atoms with E-state index in [9.17, 15) is 0 Å². The minimum absolute atomic E-state index is 0.586. The van der Waals surface area contributed by atoms with Crippen molar-refractivity contribution in [2.75, 3.05) is 0 Å². The summed E-state index contributed by atoms with van der Waals surface area (Å²) in [6, 6.07) is 9.39. The van der Waals surface area contributed by atoms with E-state index in [1.165, 1.54) is 56.1 Å². The Morgan fingerprint density at radius 2 is 1.95 bits per heavy atom. The molecule has 2 saturated carbocycles. The van der Waals surface area contributed by atoms with E-state index in [-0.39, 0.29) is 0 Å². The number of unbranched alkanes of at least 4 members (excludes halogenated alkanes) is 1. The summed E-state index contributed by atoms with van der Waals surface area (Å²) in [7, 11) is 0. The number of fused-ring (bicyclic) bond motifs is 2. The van der Waals surface area contributed by atoms with Crippen molar-refractivity contribution in [3.05, 3.63) is 35.4 Å². The zero-order chi connectivity index (χ0) is 13.2. The van der Waals surface area contributed by atoms with Gasteiger partial charge in [0.25, 0.3) is 0 Å². The van der Waals surface area contributed by atoms with Gasteiger partial charge in [-0.1, -0.05) is 60.0 Å². The first kappa shape index (κ1) is 13.7. The minimum atomic E-state index is 0.586. The van der Waals surface area contributed by atoms with Gasteiger partial charge >= 0.3 is 0 Å². The third-order valence-corrected chi connectivity index (χ3v) is 6.49. The van der Waals surface area contributed by atoms with E-state index >= 15 is 0 Å². The van der Waals surface area contributed by atoms with Crippen LogP contribution in [0.4, 0.5) is 0 Å². The molecular weight excluding hydrogens is 296 g/mol. The van der Waals surface area contributed by atoms with E-state index in [2.05, 4.69) is 47.1 Å². The van der Waals surface area contributed by atoms with Crippen molar-refractivity contribution in [2.45, 2.75) is 56.7 Å². The summed E-state index contributed by atoms with van der Waals surface area (Å²) in [5.41, 5.74) is 3.00. The van der Waals surface area contributed by atoms with E-state index in [4.69, 9.17) is 0 Å². The highest BCUT2D eigenvalue weighted by Crippen LogP contribution is 2.54. The molecule has 0 nitrogen and oxygen atoms in total. The van der Waals surface area contributed by atoms with Crippen LogP contribution in [0.5, 0.6) is 0 Å². The fourth-order valence-electron chi connectivity index (χ4n) is 4.15. The van der Waals surface area contributed by atoms with E-state index in [1.807, 2.05) is 0 Å². The van der Waals surface area contributed by atoms with Gasteiger partial charge in [0.05, 0.1) is 0 Å². The van der Waals surface area contributed by atoms with E-state index in [0.29, 0.717) is 4.83 Å². The van der Waals surface area contributed by atoms with E-state index in [0.717, 1.165) is 17.8 Å². The quantitative estimate of drug-likeness (QED) is 0.592. The van der Waals surface area contributed by atoms with Gasteiger partial charge < -0.3 is 0 Å². The van der Waals surface area contributed by atoms with Gasteiger partial charge in [0.15, 0.2) is 0 Å². The molecule has 4 unspecified atom stereocenters. The second kappa shape index (κ2) is 5.99. The number of alkyl halides is 1. The largest absolute Gasteiger partial charge is 0.0836 e. The minimum Gasteiger partial charge on any atom is -0.0836 e. The summed E-state index contributed by atoms with van der Waals surface area (Å²) in [6.07, 6.45) is 9.76. The average Bonchev–Trinajstić information content (AvgIpc) is 3.07. The molecule has 104 valence electrons. The van der Waals surface area contributed by atoms with Crippen molar-refractivity contribution < 1.29 is 0 Å². The van der Waals surface area contributed by atoms with Crippen LogP contribution in [0.1, 0.15) is 61.4 Å². The molecule has 0 heterocycles. The maximum absolute atomic E-state index is 3.99. The normalized spacial score (nSPS) is 30.7. The van der Waals surface area contributed by atoms with Gasteiger partial charge in [-0.2, -0.15) is 0 Å². The van der Waals surface area contributed by atoms with Crippen LogP contribution in [0.3, 0.4) is 0 Å². The van der Waals surface area contributed by atoms with Crippen LogP contribution in [0.2, 0.25) is 0 Å². The molecule has 0 spiro atoms. The number of halogens is 1. The molecule has 1 aromatic rings. The maximum Gasteiger partial charge on any atom is 0.0426 e. The van der Waals surface area contributed by atoms with Crippen molar-refractivity contribution in [1.82, 2.24) is 0 Å². The van der Waals surface area contributed by atoms with Crippen molar-refractivity contribution in [1.29, 1.82) is 0 Å². The summed E-state index contributed by atoms with van der Waals surface area (Å²) in [5, 5.41) is 0. The van der Waals surface area contributed by atoms with Crippen LogP contribution < -0.4 is 0 Å². The van der Waals surface area contributed by atoms with Crippen molar-refractivity contribution in [3.8, 4) is 0 Å². The Bertz CT molecular complexity index is 408. The van der Waals surface area contributed by atoms with Gasteiger partial charge in [0, 0.05) is 4.83 Å². The SMILES string of the molecule is CCCCc1ccc(C(Br)C2CC3CCC2C3)cc1. The highest BCUT2D eigenvalue weighted by molar-refractivity contribution is 9.09. The van der Waals surface area contributed by atoms with Crippen molar-refractivity contribution in [3.63, 3.8) is 0 Å². The van der Waals surface area contributed by atoms with Crippen LogP contribution in [0, 0.1) is 17.8 Å². The Hall–Kier alpha value is -0.300. The van der Waals surface area contributed by atoms with Gasteiger partial charge in [-0.15, -0.1) is 0 Å². The first-order valence-electron chi connectivity index (χ1n) is 8.01. The van der Waals surface area contributed by atoms with Gasteiger partial charge in [0.2, 0.25) is 0 Å². The number of hydrogen-bond acceptors (Lipinski definition) is 0. The number of rotatable bonds is 5. The fraction of sp³-hybridized carbons (Fsp3) is 0.667. The lowest BCUT2D eigenvalue weighted by molar-refractivity contribution is 0.329. The highest BCUT2D eigenvalue weighted by Gasteiger charge is 2.42. The summed E-state index contributed by atoms with van der Waals surface area (Å²) in [6.45, 7) is 2.26. The maximum atomic E-state index is 3.99. The third-order valence-electron chi connectivity index (χ3n) is 5.29. The van der Waals surface area contributed by atoms with Crippen LogP contribution in [0.15, 0.2) is 24.3 Å². The molecule has 2 fully saturated rings. The zero-order valence-electron chi connectivity index (χ0n) is 11.9. The van der Waals surface area contributed by atoms with Gasteiger partial charge in [-0.05, 0) is 61.0 Å². The molecule has 2 bridgehead atoms. The van der Waals surface area contributed by atoms with Crippen molar-refractivity contribution >= 4 is 15.9 Å². The van der Waals surface area contributed by atoms with Crippen molar-refractivity contribution in [2.24, 2.45) is 17.8 Å². The molecule has 0 saturated heterocycles. The standard InChI is InChI=1S/C18H25Br/c1-2-3-4-13-5-8-15(9-6-13)18(19)17-12-14-7-10-16(17)11-14/h5-6,8-9,14,16-18H,2-4,7,10-12H2,1H3. The molecule has 2 aliphatic rings. The van der Waals surface area contributed by atoms with E-state index < -0.39 is 0 Å². The van der Waals surface area contributed by atoms with Gasteiger partial charge in [-0.3, -0.25) is 0 Å². The number of benzene rings is 1.